The molecule has 3 heterocycles. The zero-order valence-corrected chi connectivity index (χ0v) is 12.7. The van der Waals surface area contributed by atoms with Crippen molar-refractivity contribution in [3.05, 3.63) is 18.1 Å². The molecular formula is C14H20N4O4. The first-order chi connectivity index (χ1) is 10.5. The van der Waals surface area contributed by atoms with Gasteiger partial charge >= 0.3 is 0 Å². The maximum atomic E-state index is 10.2. The van der Waals surface area contributed by atoms with E-state index < -0.39 is 24.5 Å². The summed E-state index contributed by atoms with van der Waals surface area (Å²) in [6.07, 6.45) is -0.615. The molecule has 3 rings (SSSR count). The number of aryl methyl sites for hydroxylation is 1. The Kier molecular flexibility index (Phi) is 3.77. The van der Waals surface area contributed by atoms with Crippen molar-refractivity contribution in [2.75, 3.05) is 25.6 Å². The molecule has 0 unspecified atom stereocenters. The Bertz CT molecular complexity index is 687. The van der Waals surface area contributed by atoms with Crippen molar-refractivity contribution < 1.29 is 20.1 Å². The van der Waals surface area contributed by atoms with Gasteiger partial charge in [-0.3, -0.25) is 0 Å². The number of hydrogen-bond donors (Lipinski definition) is 3. The van der Waals surface area contributed by atoms with Crippen LogP contribution in [0.3, 0.4) is 0 Å². The predicted octanol–water partition coefficient (Wildman–Crippen LogP) is -0.583. The summed E-state index contributed by atoms with van der Waals surface area (Å²) in [6, 6.07) is 0. The van der Waals surface area contributed by atoms with E-state index in [1.807, 2.05) is 32.1 Å². The van der Waals surface area contributed by atoms with Gasteiger partial charge in [-0.25, -0.2) is 9.97 Å². The molecule has 0 radical (unpaired) electrons. The average Bonchev–Trinajstić information content (AvgIpc) is 2.98. The summed E-state index contributed by atoms with van der Waals surface area (Å²) in [5, 5.41) is 30.2. The van der Waals surface area contributed by atoms with Gasteiger partial charge in [-0.1, -0.05) is 0 Å². The first-order valence-electron chi connectivity index (χ1n) is 7.07. The average molecular weight is 308 g/mol. The standard InChI is InChI=1S/C14H20N4O4/c1-7-4-18(14-11(21)10(20)8(5-19)22-14)13-9(7)12(17(2)3)15-6-16-13/h4,6,8,10-11,14,19-21H,5H2,1-3H3/t8-,10-,11-,14-/m1/s1. The second kappa shape index (κ2) is 5.47. The fraction of sp³-hybridized carbons (Fsp3) is 0.571. The third-order valence-electron chi connectivity index (χ3n) is 3.99. The first kappa shape index (κ1) is 15.2. The minimum absolute atomic E-state index is 0.356. The fourth-order valence-electron chi connectivity index (χ4n) is 2.89. The summed E-state index contributed by atoms with van der Waals surface area (Å²) in [4.78, 5) is 10.5. The van der Waals surface area contributed by atoms with Gasteiger partial charge in [-0.05, 0) is 12.5 Å². The third-order valence-corrected chi connectivity index (χ3v) is 3.99. The van der Waals surface area contributed by atoms with E-state index in [1.165, 1.54) is 6.33 Å². The number of aliphatic hydroxyl groups excluding tert-OH is 3. The molecular weight excluding hydrogens is 288 g/mol. The zero-order chi connectivity index (χ0) is 16.0. The lowest BCUT2D eigenvalue weighted by Gasteiger charge is -2.18. The number of nitrogens with zero attached hydrogens (tertiary/aromatic N) is 4. The normalized spacial score (nSPS) is 28.5. The van der Waals surface area contributed by atoms with Crippen LogP contribution in [-0.4, -0.2) is 68.9 Å². The number of anilines is 1. The molecule has 1 aliphatic heterocycles. The van der Waals surface area contributed by atoms with Crippen molar-refractivity contribution in [3.63, 3.8) is 0 Å². The molecule has 120 valence electrons. The maximum Gasteiger partial charge on any atom is 0.164 e. The lowest BCUT2D eigenvalue weighted by Crippen LogP contribution is -2.33. The summed E-state index contributed by atoms with van der Waals surface area (Å²) < 4.78 is 7.27. The van der Waals surface area contributed by atoms with Crippen molar-refractivity contribution in [2.45, 2.75) is 31.5 Å². The quantitative estimate of drug-likeness (QED) is 0.696. The summed E-state index contributed by atoms with van der Waals surface area (Å²) in [7, 11) is 3.79. The van der Waals surface area contributed by atoms with Crippen LogP contribution in [-0.2, 0) is 4.74 Å². The predicted molar refractivity (Wildman–Crippen MR) is 79.6 cm³/mol. The Labute approximate surface area is 127 Å². The molecule has 4 atom stereocenters. The van der Waals surface area contributed by atoms with Gasteiger partial charge in [-0.15, -0.1) is 0 Å². The molecule has 1 fully saturated rings. The van der Waals surface area contributed by atoms with Gasteiger partial charge in [0.25, 0.3) is 0 Å². The number of ether oxygens (including phenoxy) is 1. The van der Waals surface area contributed by atoms with Gasteiger partial charge in [-0.2, -0.15) is 0 Å². The van der Waals surface area contributed by atoms with E-state index in [-0.39, 0.29) is 6.61 Å². The van der Waals surface area contributed by atoms with Gasteiger partial charge in [0.2, 0.25) is 0 Å². The summed E-state index contributed by atoms with van der Waals surface area (Å²) in [5.74, 6) is 0.771. The van der Waals surface area contributed by atoms with Crippen LogP contribution in [0.15, 0.2) is 12.5 Å². The van der Waals surface area contributed by atoms with E-state index in [1.54, 1.807) is 4.57 Å². The zero-order valence-electron chi connectivity index (χ0n) is 12.7. The monoisotopic (exact) mass is 308 g/mol. The van der Waals surface area contributed by atoms with Crippen molar-refractivity contribution in [3.8, 4) is 0 Å². The number of aliphatic hydroxyl groups is 3. The number of rotatable bonds is 3. The molecule has 0 saturated carbocycles. The summed E-state index contributed by atoms with van der Waals surface area (Å²) in [5.41, 5.74) is 1.56. The van der Waals surface area contributed by atoms with Crippen LogP contribution in [0.25, 0.3) is 11.0 Å². The summed E-state index contributed by atoms with van der Waals surface area (Å²) in [6.45, 7) is 1.57. The molecule has 2 aromatic rings. The topological polar surface area (TPSA) is 104 Å². The van der Waals surface area contributed by atoms with Crippen molar-refractivity contribution in [1.29, 1.82) is 0 Å². The van der Waals surface area contributed by atoms with Crippen LogP contribution in [0.5, 0.6) is 0 Å². The number of aromatic nitrogens is 3. The van der Waals surface area contributed by atoms with Gasteiger partial charge in [0.05, 0.1) is 12.0 Å². The molecule has 1 aliphatic rings. The highest BCUT2D eigenvalue weighted by Gasteiger charge is 2.44. The largest absolute Gasteiger partial charge is 0.394 e. The molecule has 0 aliphatic carbocycles. The molecule has 8 nitrogen and oxygen atoms in total. The minimum Gasteiger partial charge on any atom is -0.394 e. The van der Waals surface area contributed by atoms with Crippen molar-refractivity contribution >= 4 is 16.9 Å². The van der Waals surface area contributed by atoms with E-state index in [0.717, 1.165) is 16.8 Å². The lowest BCUT2D eigenvalue weighted by atomic mass is 10.1. The highest BCUT2D eigenvalue weighted by Crippen LogP contribution is 2.35. The highest BCUT2D eigenvalue weighted by atomic mass is 16.6. The molecule has 1 saturated heterocycles. The number of hydrogen-bond acceptors (Lipinski definition) is 7. The molecule has 0 bridgehead atoms. The Balaban J connectivity index is 2.11. The van der Waals surface area contributed by atoms with E-state index in [2.05, 4.69) is 9.97 Å². The molecule has 2 aromatic heterocycles. The Morgan fingerprint density at radius 3 is 2.59 bits per heavy atom. The first-order valence-corrected chi connectivity index (χ1v) is 7.07. The van der Waals surface area contributed by atoms with Crippen LogP contribution in [0.4, 0.5) is 5.82 Å². The van der Waals surface area contributed by atoms with Crippen LogP contribution in [0.1, 0.15) is 11.8 Å². The fourth-order valence-corrected chi connectivity index (χ4v) is 2.89. The lowest BCUT2D eigenvalue weighted by molar-refractivity contribution is -0.0509. The van der Waals surface area contributed by atoms with E-state index >= 15 is 0 Å². The Morgan fingerprint density at radius 1 is 1.27 bits per heavy atom. The van der Waals surface area contributed by atoms with Crippen LogP contribution < -0.4 is 4.90 Å². The molecule has 0 amide bonds. The third kappa shape index (κ3) is 2.15. The van der Waals surface area contributed by atoms with Crippen LogP contribution in [0.2, 0.25) is 0 Å². The van der Waals surface area contributed by atoms with Crippen molar-refractivity contribution in [2.24, 2.45) is 0 Å². The second-order valence-electron chi connectivity index (χ2n) is 5.74. The smallest absolute Gasteiger partial charge is 0.164 e. The van der Waals surface area contributed by atoms with E-state index in [9.17, 15) is 15.3 Å². The van der Waals surface area contributed by atoms with Crippen molar-refractivity contribution in [1.82, 2.24) is 14.5 Å². The molecule has 0 spiro atoms. The molecule has 0 aromatic carbocycles. The van der Waals surface area contributed by atoms with E-state index in [4.69, 9.17) is 4.74 Å². The molecule has 8 heteroatoms. The maximum absolute atomic E-state index is 10.2. The van der Waals surface area contributed by atoms with Gasteiger partial charge in [0, 0.05) is 20.3 Å². The molecule has 3 N–H and O–H groups in total. The van der Waals surface area contributed by atoms with Crippen LogP contribution >= 0.6 is 0 Å². The Hall–Kier alpha value is -1.74. The van der Waals surface area contributed by atoms with Gasteiger partial charge in [0.15, 0.2) is 6.23 Å². The number of fused-ring (bicyclic) bond motifs is 1. The molecule has 22 heavy (non-hydrogen) atoms. The minimum atomic E-state index is -1.14. The second-order valence-corrected chi connectivity index (χ2v) is 5.74. The SMILES string of the molecule is Cc1cn([C@@H]2O[C@H](CO)[C@@H](O)[C@H]2O)c2ncnc(N(C)C)c12. The van der Waals surface area contributed by atoms with E-state index in [0.29, 0.717) is 5.65 Å². The summed E-state index contributed by atoms with van der Waals surface area (Å²) >= 11 is 0. The Morgan fingerprint density at radius 2 is 2.00 bits per heavy atom. The van der Waals surface area contributed by atoms with Crippen LogP contribution in [0, 0.1) is 6.92 Å². The highest BCUT2D eigenvalue weighted by molar-refractivity contribution is 5.91. The van der Waals surface area contributed by atoms with Gasteiger partial charge < -0.3 is 29.5 Å². The van der Waals surface area contributed by atoms with Gasteiger partial charge in [0.1, 0.15) is 36.1 Å².